The van der Waals surface area contributed by atoms with E-state index >= 15 is 0 Å². The van der Waals surface area contributed by atoms with E-state index < -0.39 is 17.6 Å². The summed E-state index contributed by atoms with van der Waals surface area (Å²) in [5.74, 6) is -1.96. The van der Waals surface area contributed by atoms with Crippen molar-refractivity contribution in [2.75, 3.05) is 0 Å². The van der Waals surface area contributed by atoms with Crippen LogP contribution in [0.3, 0.4) is 0 Å². The van der Waals surface area contributed by atoms with Gasteiger partial charge in [0.05, 0.1) is 12.1 Å². The molecule has 0 aliphatic heterocycles. The summed E-state index contributed by atoms with van der Waals surface area (Å²) in [4.78, 5) is 15.5. The van der Waals surface area contributed by atoms with Gasteiger partial charge in [-0.05, 0) is 24.6 Å². The van der Waals surface area contributed by atoms with E-state index in [1.54, 1.807) is 10.6 Å². The number of thiazole rings is 1. The molecule has 0 spiro atoms. The number of rotatable bonds is 4. The second-order valence-electron chi connectivity index (χ2n) is 4.52. The Hall–Kier alpha value is -2.28. The molecule has 0 atom stereocenters. The number of benzene rings is 1. The number of aryl methyl sites for hydroxylation is 1. The van der Waals surface area contributed by atoms with E-state index in [2.05, 4.69) is 4.98 Å². The van der Waals surface area contributed by atoms with Gasteiger partial charge in [0.1, 0.15) is 11.6 Å². The molecule has 108 valence electrons. The summed E-state index contributed by atoms with van der Waals surface area (Å²) in [6.07, 6.45) is 1.96. The second-order valence-corrected chi connectivity index (χ2v) is 5.36. The molecule has 0 fully saturated rings. The first-order valence-electron chi connectivity index (χ1n) is 6.17. The molecule has 0 aliphatic carbocycles. The Bertz CT molecular complexity index is 826. The van der Waals surface area contributed by atoms with Crippen molar-refractivity contribution in [3.63, 3.8) is 0 Å². The lowest BCUT2D eigenvalue weighted by molar-refractivity contribution is -0.136. The minimum Gasteiger partial charge on any atom is -0.481 e. The Morgan fingerprint density at radius 1 is 1.38 bits per heavy atom. The predicted octanol–water partition coefficient (Wildman–Crippen LogP) is 3.36. The predicted molar refractivity (Wildman–Crippen MR) is 74.4 cm³/mol. The highest BCUT2D eigenvalue weighted by Crippen LogP contribution is 2.26. The average Bonchev–Trinajstić information content (AvgIpc) is 2.99. The van der Waals surface area contributed by atoms with Crippen molar-refractivity contribution in [2.45, 2.75) is 12.8 Å². The van der Waals surface area contributed by atoms with Crippen molar-refractivity contribution in [1.82, 2.24) is 9.38 Å². The molecule has 4 nitrogen and oxygen atoms in total. The van der Waals surface area contributed by atoms with E-state index in [-0.39, 0.29) is 12.0 Å². The maximum Gasteiger partial charge on any atom is 0.303 e. The maximum atomic E-state index is 13.8. The number of halogens is 2. The zero-order valence-electron chi connectivity index (χ0n) is 10.7. The highest BCUT2D eigenvalue weighted by Gasteiger charge is 2.14. The summed E-state index contributed by atoms with van der Waals surface area (Å²) in [6, 6.07) is 3.21. The lowest BCUT2D eigenvalue weighted by Gasteiger charge is -1.99. The number of carbonyl (C=O) groups is 1. The number of carboxylic acids is 1. The number of hydrogen-bond donors (Lipinski definition) is 1. The van der Waals surface area contributed by atoms with Crippen LogP contribution >= 0.6 is 11.3 Å². The quantitative estimate of drug-likeness (QED) is 0.804. The standard InChI is InChI=1S/C14H10F2N2O2S/c15-8-1-3-11(16)10(5-8)12-6-18-9(2-4-13(19)20)7-21-14(18)17-12/h1,3,5-7H,2,4H2,(H,19,20). The van der Waals surface area contributed by atoms with E-state index in [0.29, 0.717) is 17.1 Å². The van der Waals surface area contributed by atoms with Crippen molar-refractivity contribution >= 4 is 22.3 Å². The molecular weight excluding hydrogens is 298 g/mol. The van der Waals surface area contributed by atoms with Gasteiger partial charge in [0.2, 0.25) is 0 Å². The zero-order chi connectivity index (χ0) is 15.0. The van der Waals surface area contributed by atoms with Crippen molar-refractivity contribution in [2.24, 2.45) is 0 Å². The Morgan fingerprint density at radius 2 is 2.19 bits per heavy atom. The third-order valence-electron chi connectivity index (χ3n) is 3.08. The summed E-state index contributed by atoms with van der Waals surface area (Å²) in [6.45, 7) is 0. The summed E-state index contributed by atoms with van der Waals surface area (Å²) in [5.41, 5.74) is 1.21. The molecule has 0 saturated carbocycles. The SMILES string of the molecule is O=C(O)CCc1csc2nc(-c3cc(F)ccc3F)cn12. The van der Waals surface area contributed by atoms with E-state index in [9.17, 15) is 13.6 Å². The van der Waals surface area contributed by atoms with Gasteiger partial charge < -0.3 is 5.11 Å². The lowest BCUT2D eigenvalue weighted by atomic mass is 10.1. The number of hydrogen-bond acceptors (Lipinski definition) is 3. The fraction of sp³-hybridized carbons (Fsp3) is 0.143. The molecule has 1 N–H and O–H groups in total. The van der Waals surface area contributed by atoms with Gasteiger partial charge in [0.25, 0.3) is 0 Å². The fourth-order valence-electron chi connectivity index (χ4n) is 2.07. The van der Waals surface area contributed by atoms with Gasteiger partial charge in [0.15, 0.2) is 4.96 Å². The van der Waals surface area contributed by atoms with Gasteiger partial charge in [0, 0.05) is 22.8 Å². The van der Waals surface area contributed by atoms with Crippen LogP contribution in [0, 0.1) is 11.6 Å². The summed E-state index contributed by atoms with van der Waals surface area (Å²) >= 11 is 1.33. The third-order valence-corrected chi connectivity index (χ3v) is 3.97. The van der Waals surface area contributed by atoms with Crippen LogP contribution < -0.4 is 0 Å². The third kappa shape index (κ3) is 2.64. The summed E-state index contributed by atoms with van der Waals surface area (Å²) in [5, 5.41) is 10.5. The molecule has 0 bridgehead atoms. The number of aliphatic carboxylic acids is 1. The summed E-state index contributed by atoms with van der Waals surface area (Å²) in [7, 11) is 0. The topological polar surface area (TPSA) is 54.6 Å². The number of fused-ring (bicyclic) bond motifs is 1. The molecule has 0 amide bonds. The van der Waals surface area contributed by atoms with Crippen LogP contribution in [0.1, 0.15) is 12.1 Å². The van der Waals surface area contributed by atoms with Crippen LogP contribution in [-0.4, -0.2) is 20.5 Å². The van der Waals surface area contributed by atoms with Crippen molar-refractivity contribution in [3.05, 3.63) is 47.1 Å². The lowest BCUT2D eigenvalue weighted by Crippen LogP contribution is -1.99. The fourth-order valence-corrected chi connectivity index (χ4v) is 2.98. The largest absolute Gasteiger partial charge is 0.481 e. The van der Waals surface area contributed by atoms with Crippen LogP contribution in [0.25, 0.3) is 16.2 Å². The smallest absolute Gasteiger partial charge is 0.303 e. The average molecular weight is 308 g/mol. The van der Waals surface area contributed by atoms with Gasteiger partial charge in [-0.25, -0.2) is 13.8 Å². The molecule has 1 aromatic carbocycles. The Balaban J connectivity index is 2.01. The normalized spacial score (nSPS) is 11.1. The maximum absolute atomic E-state index is 13.8. The highest BCUT2D eigenvalue weighted by atomic mass is 32.1. The van der Waals surface area contributed by atoms with Gasteiger partial charge in [-0.3, -0.25) is 9.20 Å². The van der Waals surface area contributed by atoms with Gasteiger partial charge in [-0.1, -0.05) is 0 Å². The van der Waals surface area contributed by atoms with Crippen LogP contribution in [0.15, 0.2) is 29.8 Å². The first-order chi connectivity index (χ1) is 10.0. The Kier molecular flexibility index (Phi) is 3.42. The molecule has 3 rings (SSSR count). The molecular formula is C14H10F2N2O2S. The molecule has 0 radical (unpaired) electrons. The second kappa shape index (κ2) is 5.25. The monoisotopic (exact) mass is 308 g/mol. The molecule has 21 heavy (non-hydrogen) atoms. The molecule has 0 saturated heterocycles. The minimum atomic E-state index is -0.883. The van der Waals surface area contributed by atoms with Crippen molar-refractivity contribution in [3.8, 4) is 11.3 Å². The number of aromatic nitrogens is 2. The first kappa shape index (κ1) is 13.7. The Morgan fingerprint density at radius 3 is 2.95 bits per heavy atom. The van der Waals surface area contributed by atoms with E-state index in [4.69, 9.17) is 5.11 Å². The van der Waals surface area contributed by atoms with Gasteiger partial charge >= 0.3 is 5.97 Å². The Labute approximate surface area is 122 Å². The first-order valence-corrected chi connectivity index (χ1v) is 7.05. The van der Waals surface area contributed by atoms with Crippen molar-refractivity contribution < 1.29 is 18.7 Å². The highest BCUT2D eigenvalue weighted by molar-refractivity contribution is 7.15. The van der Waals surface area contributed by atoms with Crippen LogP contribution in [0.4, 0.5) is 8.78 Å². The number of carboxylic acid groups (broad SMARTS) is 1. The van der Waals surface area contributed by atoms with Crippen molar-refractivity contribution in [1.29, 1.82) is 0 Å². The molecule has 2 aromatic heterocycles. The van der Waals surface area contributed by atoms with Crippen LogP contribution in [-0.2, 0) is 11.2 Å². The van der Waals surface area contributed by atoms with Crippen LogP contribution in [0.2, 0.25) is 0 Å². The zero-order valence-corrected chi connectivity index (χ0v) is 11.5. The van der Waals surface area contributed by atoms with E-state index in [1.165, 1.54) is 11.3 Å². The number of imidazole rings is 1. The minimum absolute atomic E-state index is 0.00761. The molecule has 7 heteroatoms. The number of nitrogens with zero attached hydrogens (tertiary/aromatic N) is 2. The van der Waals surface area contributed by atoms with Gasteiger partial charge in [-0.15, -0.1) is 11.3 Å². The van der Waals surface area contributed by atoms with Gasteiger partial charge in [-0.2, -0.15) is 0 Å². The molecule has 3 aromatic rings. The van der Waals surface area contributed by atoms with E-state index in [1.807, 2.05) is 5.38 Å². The molecule has 2 heterocycles. The summed E-state index contributed by atoms with van der Waals surface area (Å²) < 4.78 is 28.7. The van der Waals surface area contributed by atoms with E-state index in [0.717, 1.165) is 23.9 Å². The molecule has 0 aliphatic rings. The van der Waals surface area contributed by atoms with Crippen LogP contribution in [0.5, 0.6) is 0 Å². The molecule has 0 unspecified atom stereocenters.